The molecule has 2 atom stereocenters. The maximum atomic E-state index is 11.8. The standard InChI is InChI=1S/C15H22N2O4S/c1-11(14-4-3-9-21-14)17-15(18)16-10-12-5-7-13(8-6-12)22(2,19)20/h5-8,11,14H,3-4,9-10H2,1-2H3,(H2,16,17,18). The predicted octanol–water partition coefficient (Wildman–Crippen LogP) is 1.46. The molecule has 2 amide bonds. The van der Waals surface area contributed by atoms with Crippen molar-refractivity contribution < 1.29 is 17.9 Å². The Labute approximate surface area is 131 Å². The van der Waals surface area contributed by atoms with Crippen molar-refractivity contribution >= 4 is 15.9 Å². The minimum Gasteiger partial charge on any atom is -0.376 e. The van der Waals surface area contributed by atoms with Crippen LogP contribution in [0, 0.1) is 0 Å². The maximum Gasteiger partial charge on any atom is 0.315 e. The van der Waals surface area contributed by atoms with Gasteiger partial charge >= 0.3 is 6.03 Å². The molecule has 0 radical (unpaired) electrons. The molecular weight excluding hydrogens is 304 g/mol. The van der Waals surface area contributed by atoms with Crippen molar-refractivity contribution in [2.24, 2.45) is 0 Å². The molecule has 1 aliphatic heterocycles. The Bertz CT molecular complexity index is 607. The Balaban J connectivity index is 1.80. The van der Waals surface area contributed by atoms with Gasteiger partial charge < -0.3 is 15.4 Å². The van der Waals surface area contributed by atoms with Gasteiger partial charge in [0.25, 0.3) is 0 Å². The lowest BCUT2D eigenvalue weighted by atomic mass is 10.1. The molecule has 1 aromatic rings. The molecule has 1 fully saturated rings. The highest BCUT2D eigenvalue weighted by atomic mass is 32.2. The Morgan fingerprint density at radius 3 is 2.59 bits per heavy atom. The Morgan fingerprint density at radius 2 is 2.05 bits per heavy atom. The van der Waals surface area contributed by atoms with E-state index in [1.54, 1.807) is 24.3 Å². The number of ether oxygens (including phenoxy) is 1. The SMILES string of the molecule is CC(NC(=O)NCc1ccc(S(C)(=O)=O)cc1)C1CCCO1. The summed E-state index contributed by atoms with van der Waals surface area (Å²) in [7, 11) is -3.19. The zero-order valence-corrected chi connectivity index (χ0v) is 13.7. The maximum absolute atomic E-state index is 11.8. The molecule has 122 valence electrons. The Morgan fingerprint density at radius 1 is 1.36 bits per heavy atom. The monoisotopic (exact) mass is 326 g/mol. The summed E-state index contributed by atoms with van der Waals surface area (Å²) in [5, 5.41) is 5.61. The number of urea groups is 1. The molecule has 2 rings (SSSR count). The summed E-state index contributed by atoms with van der Waals surface area (Å²) >= 11 is 0. The zero-order valence-electron chi connectivity index (χ0n) is 12.8. The highest BCUT2D eigenvalue weighted by Gasteiger charge is 2.23. The molecule has 0 bridgehead atoms. The smallest absolute Gasteiger partial charge is 0.315 e. The quantitative estimate of drug-likeness (QED) is 0.858. The van der Waals surface area contributed by atoms with Crippen LogP contribution in [-0.4, -0.2) is 39.5 Å². The Kier molecular flexibility index (Phi) is 5.42. The number of nitrogens with one attached hydrogen (secondary N) is 2. The number of carbonyl (C=O) groups is 1. The van der Waals surface area contributed by atoms with Gasteiger partial charge in [0, 0.05) is 19.4 Å². The van der Waals surface area contributed by atoms with Crippen LogP contribution in [0.15, 0.2) is 29.2 Å². The lowest BCUT2D eigenvalue weighted by Crippen LogP contribution is -2.45. The summed E-state index contributed by atoms with van der Waals surface area (Å²) in [6.45, 7) is 3.02. The van der Waals surface area contributed by atoms with Crippen molar-refractivity contribution in [1.82, 2.24) is 10.6 Å². The largest absolute Gasteiger partial charge is 0.376 e. The molecule has 6 nitrogen and oxygen atoms in total. The van der Waals surface area contributed by atoms with Crippen LogP contribution in [0.4, 0.5) is 4.79 Å². The second-order valence-corrected chi connectivity index (χ2v) is 7.60. The van der Waals surface area contributed by atoms with Crippen LogP contribution in [0.2, 0.25) is 0 Å². The van der Waals surface area contributed by atoms with Gasteiger partial charge in [0.1, 0.15) is 0 Å². The number of hydrogen-bond donors (Lipinski definition) is 2. The summed E-state index contributed by atoms with van der Waals surface area (Å²) in [6, 6.07) is 6.18. The van der Waals surface area contributed by atoms with E-state index in [0.717, 1.165) is 25.0 Å². The number of sulfone groups is 1. The highest BCUT2D eigenvalue weighted by Crippen LogP contribution is 2.15. The van der Waals surface area contributed by atoms with Gasteiger partial charge in [0.2, 0.25) is 0 Å². The van der Waals surface area contributed by atoms with Crippen molar-refractivity contribution in [2.75, 3.05) is 12.9 Å². The molecule has 2 N–H and O–H groups in total. The number of carbonyl (C=O) groups excluding carboxylic acids is 1. The van der Waals surface area contributed by atoms with Crippen molar-refractivity contribution in [1.29, 1.82) is 0 Å². The van der Waals surface area contributed by atoms with Gasteiger partial charge in [-0.1, -0.05) is 12.1 Å². The summed E-state index contributed by atoms with van der Waals surface area (Å²) < 4.78 is 28.3. The molecule has 1 heterocycles. The first-order valence-electron chi connectivity index (χ1n) is 7.31. The van der Waals surface area contributed by atoms with Gasteiger partial charge in [0.15, 0.2) is 9.84 Å². The third-order valence-corrected chi connectivity index (χ3v) is 4.81. The Hall–Kier alpha value is -1.60. The second kappa shape index (κ2) is 7.11. The summed E-state index contributed by atoms with van der Waals surface area (Å²) in [6.07, 6.45) is 3.25. The van der Waals surface area contributed by atoms with Crippen molar-refractivity contribution in [3.63, 3.8) is 0 Å². The van der Waals surface area contributed by atoms with Crippen molar-refractivity contribution in [3.05, 3.63) is 29.8 Å². The van der Waals surface area contributed by atoms with E-state index in [4.69, 9.17) is 4.74 Å². The molecule has 1 saturated heterocycles. The van der Waals surface area contributed by atoms with E-state index in [0.29, 0.717) is 6.54 Å². The van der Waals surface area contributed by atoms with Gasteiger partial charge in [-0.25, -0.2) is 13.2 Å². The van der Waals surface area contributed by atoms with Crippen LogP contribution in [0.3, 0.4) is 0 Å². The predicted molar refractivity (Wildman–Crippen MR) is 83.4 cm³/mol. The summed E-state index contributed by atoms with van der Waals surface area (Å²) in [5.41, 5.74) is 0.840. The van der Waals surface area contributed by atoms with Gasteiger partial charge in [-0.05, 0) is 37.5 Å². The van der Waals surface area contributed by atoms with Gasteiger partial charge in [-0.3, -0.25) is 0 Å². The van der Waals surface area contributed by atoms with E-state index >= 15 is 0 Å². The van der Waals surface area contributed by atoms with Crippen LogP contribution in [-0.2, 0) is 21.1 Å². The fourth-order valence-electron chi connectivity index (χ4n) is 2.38. The number of benzene rings is 1. The van der Waals surface area contributed by atoms with Crippen LogP contribution in [0.5, 0.6) is 0 Å². The normalized spacial score (nSPS) is 19.6. The van der Waals surface area contributed by atoms with Gasteiger partial charge in [-0.15, -0.1) is 0 Å². The van der Waals surface area contributed by atoms with Crippen molar-refractivity contribution in [3.8, 4) is 0 Å². The van der Waals surface area contributed by atoms with Crippen LogP contribution in [0.25, 0.3) is 0 Å². The third kappa shape index (κ3) is 4.71. The van der Waals surface area contributed by atoms with E-state index in [2.05, 4.69) is 10.6 Å². The summed E-state index contributed by atoms with van der Waals surface area (Å²) in [4.78, 5) is 12.1. The van der Waals surface area contributed by atoms with Crippen LogP contribution < -0.4 is 10.6 Å². The fourth-order valence-corrected chi connectivity index (χ4v) is 3.01. The van der Waals surface area contributed by atoms with E-state index < -0.39 is 9.84 Å². The summed E-state index contributed by atoms with van der Waals surface area (Å²) in [5.74, 6) is 0. The molecule has 0 aromatic heterocycles. The average Bonchev–Trinajstić information content (AvgIpc) is 2.99. The molecule has 1 aliphatic rings. The molecule has 0 saturated carbocycles. The minimum atomic E-state index is -3.19. The van der Waals surface area contributed by atoms with E-state index in [-0.39, 0.29) is 23.1 Å². The second-order valence-electron chi connectivity index (χ2n) is 5.58. The minimum absolute atomic E-state index is 0.0323. The van der Waals surface area contributed by atoms with E-state index in [1.165, 1.54) is 6.26 Å². The number of rotatable bonds is 5. The molecule has 0 aliphatic carbocycles. The first-order chi connectivity index (χ1) is 10.4. The lowest BCUT2D eigenvalue weighted by molar-refractivity contribution is 0.0860. The van der Waals surface area contributed by atoms with Crippen LogP contribution >= 0.6 is 0 Å². The van der Waals surface area contributed by atoms with Crippen LogP contribution in [0.1, 0.15) is 25.3 Å². The lowest BCUT2D eigenvalue weighted by Gasteiger charge is -2.20. The highest BCUT2D eigenvalue weighted by molar-refractivity contribution is 7.90. The van der Waals surface area contributed by atoms with Gasteiger partial charge in [0.05, 0.1) is 17.0 Å². The van der Waals surface area contributed by atoms with E-state index in [9.17, 15) is 13.2 Å². The molecule has 0 spiro atoms. The molecule has 2 unspecified atom stereocenters. The first-order valence-corrected chi connectivity index (χ1v) is 9.20. The third-order valence-electron chi connectivity index (χ3n) is 3.69. The topological polar surface area (TPSA) is 84.5 Å². The van der Waals surface area contributed by atoms with Gasteiger partial charge in [-0.2, -0.15) is 0 Å². The average molecular weight is 326 g/mol. The first kappa shape index (κ1) is 16.8. The molecule has 22 heavy (non-hydrogen) atoms. The number of hydrogen-bond acceptors (Lipinski definition) is 4. The van der Waals surface area contributed by atoms with Crippen molar-refractivity contribution in [2.45, 2.75) is 43.4 Å². The fraction of sp³-hybridized carbons (Fsp3) is 0.533. The molecule has 7 heteroatoms. The zero-order chi connectivity index (χ0) is 16.2. The van der Waals surface area contributed by atoms with E-state index in [1.807, 2.05) is 6.92 Å². The molecule has 1 aromatic carbocycles. The number of amides is 2. The molecular formula is C15H22N2O4S.